The number of methoxy groups -OCH3 is 1. The first kappa shape index (κ1) is 14.3. The van der Waals surface area contributed by atoms with Gasteiger partial charge in [-0.3, -0.25) is 4.98 Å². The monoisotopic (exact) mass is 274 g/mol. The number of halogens is 1. The molecule has 2 rings (SSSR count). The highest BCUT2D eigenvalue weighted by Gasteiger charge is 2.11. The van der Waals surface area contributed by atoms with E-state index in [4.69, 9.17) is 4.74 Å². The van der Waals surface area contributed by atoms with Crippen LogP contribution in [-0.4, -0.2) is 12.1 Å². The topological polar surface area (TPSA) is 34.1 Å². The number of hydrogen-bond acceptors (Lipinski definition) is 3. The van der Waals surface area contributed by atoms with Gasteiger partial charge in [0.25, 0.3) is 0 Å². The van der Waals surface area contributed by atoms with Gasteiger partial charge in [0, 0.05) is 17.3 Å². The largest absolute Gasteiger partial charge is 0.496 e. The van der Waals surface area contributed by atoms with Crippen LogP contribution in [0.3, 0.4) is 0 Å². The normalized spacial score (nSPS) is 10.4. The molecule has 3 nitrogen and oxygen atoms in total. The number of hydrogen-bond donors (Lipinski definition) is 1. The zero-order chi connectivity index (χ0) is 14.7. The van der Waals surface area contributed by atoms with E-state index in [9.17, 15) is 4.39 Å². The van der Waals surface area contributed by atoms with Crippen LogP contribution in [0.4, 0.5) is 10.1 Å². The van der Waals surface area contributed by atoms with Crippen molar-refractivity contribution in [2.45, 2.75) is 27.3 Å². The van der Waals surface area contributed by atoms with Crippen molar-refractivity contribution in [2.75, 3.05) is 12.4 Å². The van der Waals surface area contributed by atoms with Crippen LogP contribution in [0.25, 0.3) is 0 Å². The summed E-state index contributed by atoms with van der Waals surface area (Å²) in [4.78, 5) is 4.40. The van der Waals surface area contributed by atoms with Crippen molar-refractivity contribution in [3.63, 3.8) is 0 Å². The molecule has 0 bridgehead atoms. The number of ether oxygens (including phenoxy) is 1. The summed E-state index contributed by atoms with van der Waals surface area (Å²) in [5.74, 6) is 0.587. The second-order valence-electron chi connectivity index (χ2n) is 4.83. The van der Waals surface area contributed by atoms with E-state index < -0.39 is 0 Å². The molecule has 4 heteroatoms. The molecule has 0 aliphatic heterocycles. The molecule has 0 fully saturated rings. The van der Waals surface area contributed by atoms with E-state index >= 15 is 0 Å². The Morgan fingerprint density at radius 2 is 1.95 bits per heavy atom. The smallest absolute Gasteiger partial charge is 0.146 e. The third kappa shape index (κ3) is 2.74. The highest BCUT2D eigenvalue weighted by molar-refractivity contribution is 5.52. The van der Waals surface area contributed by atoms with E-state index in [1.807, 2.05) is 26.8 Å². The van der Waals surface area contributed by atoms with E-state index in [1.54, 1.807) is 19.4 Å². The van der Waals surface area contributed by atoms with Crippen molar-refractivity contribution in [2.24, 2.45) is 0 Å². The maximum Gasteiger partial charge on any atom is 0.146 e. The molecule has 0 saturated heterocycles. The summed E-state index contributed by atoms with van der Waals surface area (Å²) in [7, 11) is 1.65. The SMILES string of the molecule is COc1c(C)cnc(CNc2c(C)cccc2F)c1C. The number of aryl methyl sites for hydroxylation is 2. The fraction of sp³-hybridized carbons (Fsp3) is 0.312. The second-order valence-corrected chi connectivity index (χ2v) is 4.83. The molecule has 0 spiro atoms. The third-order valence-corrected chi connectivity index (χ3v) is 3.40. The zero-order valence-electron chi connectivity index (χ0n) is 12.2. The number of para-hydroxylation sites is 1. The molecule has 1 aromatic carbocycles. The highest BCUT2D eigenvalue weighted by atomic mass is 19.1. The Kier molecular flexibility index (Phi) is 4.23. The van der Waals surface area contributed by atoms with Crippen LogP contribution in [0.15, 0.2) is 24.4 Å². The van der Waals surface area contributed by atoms with Crippen molar-refractivity contribution < 1.29 is 9.13 Å². The van der Waals surface area contributed by atoms with E-state index in [1.165, 1.54) is 6.07 Å². The van der Waals surface area contributed by atoms with Crippen LogP contribution in [-0.2, 0) is 6.54 Å². The predicted molar refractivity (Wildman–Crippen MR) is 78.7 cm³/mol. The quantitative estimate of drug-likeness (QED) is 0.921. The number of nitrogens with zero attached hydrogens (tertiary/aromatic N) is 1. The van der Waals surface area contributed by atoms with Gasteiger partial charge in [-0.15, -0.1) is 0 Å². The molecule has 0 unspecified atom stereocenters. The van der Waals surface area contributed by atoms with Gasteiger partial charge in [0.1, 0.15) is 11.6 Å². The minimum atomic E-state index is -0.248. The van der Waals surface area contributed by atoms with Gasteiger partial charge in [0.05, 0.1) is 25.0 Å². The molecule has 2 aromatic rings. The molecule has 0 saturated carbocycles. The standard InChI is InChI=1S/C16H19FN2O/c1-10-6-5-7-13(17)15(10)19-9-14-12(3)16(20-4)11(2)8-18-14/h5-8,19H,9H2,1-4H3. The Morgan fingerprint density at radius 1 is 1.20 bits per heavy atom. The Balaban J connectivity index is 2.24. The van der Waals surface area contributed by atoms with E-state index in [0.717, 1.165) is 28.1 Å². The summed E-state index contributed by atoms with van der Waals surface area (Å²) >= 11 is 0. The minimum absolute atomic E-state index is 0.248. The van der Waals surface area contributed by atoms with Crippen LogP contribution in [0.2, 0.25) is 0 Å². The maximum atomic E-state index is 13.8. The molecule has 0 aliphatic rings. The van der Waals surface area contributed by atoms with Gasteiger partial charge in [-0.1, -0.05) is 12.1 Å². The van der Waals surface area contributed by atoms with Crippen molar-refractivity contribution in [3.8, 4) is 5.75 Å². The Bertz CT molecular complexity index is 606. The van der Waals surface area contributed by atoms with Crippen LogP contribution in [0.1, 0.15) is 22.4 Å². The average Bonchev–Trinajstić information content (AvgIpc) is 2.41. The van der Waals surface area contributed by atoms with E-state index in [2.05, 4.69) is 10.3 Å². The molecular formula is C16H19FN2O. The summed E-state index contributed by atoms with van der Waals surface area (Å²) in [5.41, 5.74) is 4.23. The van der Waals surface area contributed by atoms with Gasteiger partial charge in [0.2, 0.25) is 0 Å². The highest BCUT2D eigenvalue weighted by Crippen LogP contribution is 2.25. The molecular weight excluding hydrogens is 255 g/mol. The predicted octanol–water partition coefficient (Wildman–Crippen LogP) is 3.77. The summed E-state index contributed by atoms with van der Waals surface area (Å²) in [5, 5.41) is 3.12. The van der Waals surface area contributed by atoms with Crippen molar-refractivity contribution in [3.05, 3.63) is 52.6 Å². The molecule has 20 heavy (non-hydrogen) atoms. The lowest BCUT2D eigenvalue weighted by Gasteiger charge is -2.14. The van der Waals surface area contributed by atoms with Gasteiger partial charge < -0.3 is 10.1 Å². The molecule has 1 aromatic heterocycles. The number of aromatic nitrogens is 1. The summed E-state index contributed by atoms with van der Waals surface area (Å²) in [6.45, 7) is 6.26. The van der Waals surface area contributed by atoms with Gasteiger partial charge in [-0.2, -0.15) is 0 Å². The Hall–Kier alpha value is -2.10. The lowest BCUT2D eigenvalue weighted by atomic mass is 10.1. The molecule has 0 atom stereocenters. The van der Waals surface area contributed by atoms with Gasteiger partial charge in [-0.05, 0) is 32.4 Å². The minimum Gasteiger partial charge on any atom is -0.496 e. The van der Waals surface area contributed by atoms with Crippen LogP contribution < -0.4 is 10.1 Å². The van der Waals surface area contributed by atoms with Crippen molar-refractivity contribution >= 4 is 5.69 Å². The number of pyridine rings is 1. The van der Waals surface area contributed by atoms with E-state index in [-0.39, 0.29) is 5.82 Å². The number of rotatable bonds is 4. The molecule has 1 N–H and O–H groups in total. The van der Waals surface area contributed by atoms with Gasteiger partial charge in [0.15, 0.2) is 0 Å². The number of benzene rings is 1. The van der Waals surface area contributed by atoms with Crippen LogP contribution in [0.5, 0.6) is 5.75 Å². The lowest BCUT2D eigenvalue weighted by molar-refractivity contribution is 0.407. The summed E-state index contributed by atoms with van der Waals surface area (Å²) in [6, 6.07) is 5.03. The van der Waals surface area contributed by atoms with Crippen molar-refractivity contribution in [1.82, 2.24) is 4.98 Å². The Morgan fingerprint density at radius 3 is 2.60 bits per heavy atom. The fourth-order valence-electron chi connectivity index (χ4n) is 2.28. The zero-order valence-corrected chi connectivity index (χ0v) is 12.2. The number of nitrogens with one attached hydrogen (secondary N) is 1. The summed E-state index contributed by atoms with van der Waals surface area (Å²) < 4.78 is 19.1. The molecule has 1 heterocycles. The maximum absolute atomic E-state index is 13.8. The number of anilines is 1. The average molecular weight is 274 g/mol. The van der Waals surface area contributed by atoms with Gasteiger partial charge >= 0.3 is 0 Å². The van der Waals surface area contributed by atoms with Crippen molar-refractivity contribution in [1.29, 1.82) is 0 Å². The lowest BCUT2D eigenvalue weighted by Crippen LogP contribution is -2.08. The molecule has 106 valence electrons. The van der Waals surface area contributed by atoms with Gasteiger partial charge in [-0.25, -0.2) is 4.39 Å². The third-order valence-electron chi connectivity index (χ3n) is 3.40. The first-order valence-corrected chi connectivity index (χ1v) is 6.52. The Labute approximate surface area is 118 Å². The summed E-state index contributed by atoms with van der Waals surface area (Å²) in [6.07, 6.45) is 1.77. The van der Waals surface area contributed by atoms with E-state index in [0.29, 0.717) is 12.2 Å². The first-order chi connectivity index (χ1) is 9.54. The second kappa shape index (κ2) is 5.90. The van der Waals surface area contributed by atoms with Crippen LogP contribution >= 0.6 is 0 Å². The molecule has 0 amide bonds. The fourth-order valence-corrected chi connectivity index (χ4v) is 2.28. The molecule has 0 aliphatic carbocycles. The molecule has 0 radical (unpaired) electrons. The first-order valence-electron chi connectivity index (χ1n) is 6.52. The van der Waals surface area contributed by atoms with Crippen LogP contribution in [0, 0.1) is 26.6 Å².